The third-order valence-corrected chi connectivity index (χ3v) is 3.27. The molecule has 3 N–H and O–H groups in total. The molecular weight excluding hydrogens is 176 g/mol. The molecule has 3 heteroatoms. The normalized spacial score (nSPS) is 29.8. The number of nitrogens with one attached hydrogen (secondary N) is 1. The van der Waals surface area contributed by atoms with Crippen LogP contribution in [0.4, 0.5) is 0 Å². The SMILES string of the molecule is CC(C)OCC(NN)C1CCCC1C. The van der Waals surface area contributed by atoms with Gasteiger partial charge in [-0.1, -0.05) is 19.8 Å². The summed E-state index contributed by atoms with van der Waals surface area (Å²) in [5.74, 6) is 7.05. The van der Waals surface area contributed by atoms with Crippen LogP contribution < -0.4 is 11.3 Å². The van der Waals surface area contributed by atoms with Gasteiger partial charge in [-0.15, -0.1) is 0 Å². The maximum Gasteiger partial charge on any atom is 0.0639 e. The Kier molecular flexibility index (Phi) is 4.85. The number of ether oxygens (including phenoxy) is 1. The van der Waals surface area contributed by atoms with Crippen molar-refractivity contribution in [2.45, 2.75) is 52.2 Å². The van der Waals surface area contributed by atoms with E-state index in [1.807, 2.05) is 0 Å². The fourth-order valence-corrected chi connectivity index (χ4v) is 2.36. The van der Waals surface area contributed by atoms with Gasteiger partial charge in [0.1, 0.15) is 0 Å². The minimum absolute atomic E-state index is 0.294. The van der Waals surface area contributed by atoms with E-state index in [4.69, 9.17) is 10.6 Å². The minimum Gasteiger partial charge on any atom is -0.377 e. The molecule has 3 atom stereocenters. The van der Waals surface area contributed by atoms with Gasteiger partial charge in [-0.2, -0.15) is 0 Å². The van der Waals surface area contributed by atoms with Crippen LogP contribution in [0.5, 0.6) is 0 Å². The molecule has 0 aromatic carbocycles. The third kappa shape index (κ3) is 3.23. The quantitative estimate of drug-likeness (QED) is 0.524. The Hall–Kier alpha value is -0.120. The van der Waals surface area contributed by atoms with Crippen molar-refractivity contribution < 1.29 is 4.74 Å². The van der Waals surface area contributed by atoms with Crippen molar-refractivity contribution in [3.63, 3.8) is 0 Å². The van der Waals surface area contributed by atoms with Crippen molar-refractivity contribution in [2.75, 3.05) is 6.61 Å². The first-order chi connectivity index (χ1) is 6.65. The Morgan fingerprint density at radius 2 is 2.14 bits per heavy atom. The molecule has 0 aromatic heterocycles. The highest BCUT2D eigenvalue weighted by Gasteiger charge is 2.30. The van der Waals surface area contributed by atoms with Gasteiger partial charge in [-0.3, -0.25) is 11.3 Å². The summed E-state index contributed by atoms with van der Waals surface area (Å²) in [6.07, 6.45) is 4.26. The molecule has 14 heavy (non-hydrogen) atoms. The van der Waals surface area contributed by atoms with Crippen LogP contribution in [0, 0.1) is 11.8 Å². The van der Waals surface area contributed by atoms with Gasteiger partial charge in [-0.25, -0.2) is 0 Å². The summed E-state index contributed by atoms with van der Waals surface area (Å²) in [5, 5.41) is 0. The van der Waals surface area contributed by atoms with E-state index in [2.05, 4.69) is 26.2 Å². The van der Waals surface area contributed by atoms with Crippen LogP contribution in [0.3, 0.4) is 0 Å². The molecule has 3 nitrogen and oxygen atoms in total. The molecule has 0 spiro atoms. The zero-order valence-electron chi connectivity index (χ0n) is 9.62. The van der Waals surface area contributed by atoms with Crippen molar-refractivity contribution in [1.29, 1.82) is 0 Å². The van der Waals surface area contributed by atoms with Crippen LogP contribution in [0.15, 0.2) is 0 Å². The summed E-state index contributed by atoms with van der Waals surface area (Å²) in [6.45, 7) is 7.18. The van der Waals surface area contributed by atoms with Crippen molar-refractivity contribution >= 4 is 0 Å². The monoisotopic (exact) mass is 200 g/mol. The molecule has 1 saturated carbocycles. The summed E-state index contributed by atoms with van der Waals surface area (Å²) < 4.78 is 5.61. The molecular formula is C11H24N2O. The Morgan fingerprint density at radius 1 is 1.43 bits per heavy atom. The molecule has 3 unspecified atom stereocenters. The highest BCUT2D eigenvalue weighted by atomic mass is 16.5. The van der Waals surface area contributed by atoms with Gasteiger partial charge in [0.2, 0.25) is 0 Å². The Balaban J connectivity index is 2.36. The maximum atomic E-state index is 5.61. The van der Waals surface area contributed by atoms with Gasteiger partial charge in [0, 0.05) is 6.04 Å². The molecule has 0 aromatic rings. The van der Waals surface area contributed by atoms with Crippen molar-refractivity contribution in [3.8, 4) is 0 Å². The average Bonchev–Trinajstić information content (AvgIpc) is 2.53. The summed E-state index contributed by atoms with van der Waals surface area (Å²) in [5.41, 5.74) is 2.90. The van der Waals surface area contributed by atoms with Crippen LogP contribution in [0.25, 0.3) is 0 Å². The van der Waals surface area contributed by atoms with Gasteiger partial charge < -0.3 is 4.74 Å². The van der Waals surface area contributed by atoms with Crippen LogP contribution in [0.2, 0.25) is 0 Å². The first-order valence-electron chi connectivity index (χ1n) is 5.73. The second-order valence-electron chi connectivity index (χ2n) is 4.73. The van der Waals surface area contributed by atoms with Gasteiger partial charge in [0.25, 0.3) is 0 Å². The van der Waals surface area contributed by atoms with Gasteiger partial charge in [-0.05, 0) is 32.1 Å². The molecule has 0 bridgehead atoms. The van der Waals surface area contributed by atoms with E-state index in [0.29, 0.717) is 18.1 Å². The van der Waals surface area contributed by atoms with Crippen LogP contribution in [0.1, 0.15) is 40.0 Å². The second kappa shape index (κ2) is 5.69. The molecule has 0 saturated heterocycles. The van der Waals surface area contributed by atoms with E-state index in [9.17, 15) is 0 Å². The molecule has 1 rings (SSSR count). The molecule has 0 aliphatic heterocycles. The zero-order valence-corrected chi connectivity index (χ0v) is 9.62. The lowest BCUT2D eigenvalue weighted by Crippen LogP contribution is -2.45. The van der Waals surface area contributed by atoms with E-state index in [1.165, 1.54) is 19.3 Å². The third-order valence-electron chi connectivity index (χ3n) is 3.27. The average molecular weight is 200 g/mol. The van der Waals surface area contributed by atoms with Crippen molar-refractivity contribution in [3.05, 3.63) is 0 Å². The Morgan fingerprint density at radius 3 is 2.57 bits per heavy atom. The molecule has 84 valence electrons. The van der Waals surface area contributed by atoms with E-state index < -0.39 is 0 Å². The number of rotatable bonds is 5. The lowest BCUT2D eigenvalue weighted by atomic mass is 9.91. The standard InChI is InChI=1S/C11H24N2O/c1-8(2)14-7-11(13-12)10-6-4-5-9(10)3/h8-11,13H,4-7,12H2,1-3H3. The summed E-state index contributed by atoms with van der Waals surface area (Å²) in [7, 11) is 0. The van der Waals surface area contributed by atoms with Gasteiger partial charge in [0.15, 0.2) is 0 Å². The maximum absolute atomic E-state index is 5.61. The fraction of sp³-hybridized carbons (Fsp3) is 1.00. The first kappa shape index (κ1) is 12.0. The van der Waals surface area contributed by atoms with Gasteiger partial charge in [0.05, 0.1) is 12.7 Å². The summed E-state index contributed by atoms with van der Waals surface area (Å²) in [6, 6.07) is 0.329. The highest BCUT2D eigenvalue weighted by molar-refractivity contribution is 4.83. The smallest absolute Gasteiger partial charge is 0.0639 e. The van der Waals surface area contributed by atoms with E-state index in [1.54, 1.807) is 0 Å². The molecule has 1 aliphatic carbocycles. The molecule has 1 fully saturated rings. The fourth-order valence-electron chi connectivity index (χ4n) is 2.36. The largest absolute Gasteiger partial charge is 0.377 e. The molecule has 0 radical (unpaired) electrons. The predicted molar refractivity (Wildman–Crippen MR) is 58.7 cm³/mol. The predicted octanol–water partition coefficient (Wildman–Crippen LogP) is 1.68. The number of hydrazine groups is 1. The van der Waals surface area contributed by atoms with Crippen molar-refractivity contribution in [2.24, 2.45) is 17.7 Å². The van der Waals surface area contributed by atoms with Crippen LogP contribution in [-0.4, -0.2) is 18.8 Å². The van der Waals surface area contributed by atoms with Gasteiger partial charge >= 0.3 is 0 Å². The lowest BCUT2D eigenvalue weighted by molar-refractivity contribution is 0.0439. The molecule has 0 amide bonds. The molecule has 1 aliphatic rings. The van der Waals surface area contributed by atoms with Crippen molar-refractivity contribution in [1.82, 2.24) is 5.43 Å². The molecule has 0 heterocycles. The van der Waals surface area contributed by atoms with E-state index >= 15 is 0 Å². The first-order valence-corrected chi connectivity index (χ1v) is 5.73. The zero-order chi connectivity index (χ0) is 10.6. The van der Waals surface area contributed by atoms with Crippen LogP contribution >= 0.6 is 0 Å². The number of hydrogen-bond donors (Lipinski definition) is 2. The Bertz CT molecular complexity index is 161. The van der Waals surface area contributed by atoms with E-state index in [0.717, 1.165) is 12.5 Å². The summed E-state index contributed by atoms with van der Waals surface area (Å²) in [4.78, 5) is 0. The van der Waals surface area contributed by atoms with E-state index in [-0.39, 0.29) is 0 Å². The summed E-state index contributed by atoms with van der Waals surface area (Å²) >= 11 is 0. The number of hydrogen-bond acceptors (Lipinski definition) is 3. The highest BCUT2D eigenvalue weighted by Crippen LogP contribution is 2.33. The Labute approximate surface area is 87.4 Å². The number of nitrogens with two attached hydrogens (primary N) is 1. The lowest BCUT2D eigenvalue weighted by Gasteiger charge is -2.26. The second-order valence-corrected chi connectivity index (χ2v) is 4.73. The minimum atomic E-state index is 0.294. The van der Waals surface area contributed by atoms with Crippen LogP contribution in [-0.2, 0) is 4.74 Å². The topological polar surface area (TPSA) is 47.3 Å².